The van der Waals surface area contributed by atoms with Crippen molar-refractivity contribution in [3.05, 3.63) is 29.6 Å². The number of aromatic nitrogens is 2. The Kier molecular flexibility index (Phi) is 3.83. The third-order valence-corrected chi connectivity index (χ3v) is 5.24. The monoisotopic (exact) mass is 311 g/mol. The number of hydrogen-bond donors (Lipinski definition) is 0. The van der Waals surface area contributed by atoms with E-state index in [4.69, 9.17) is 4.98 Å². The summed E-state index contributed by atoms with van der Waals surface area (Å²) in [5.41, 5.74) is 3.31. The first-order valence-corrected chi connectivity index (χ1v) is 8.95. The Morgan fingerprint density at radius 3 is 2.61 bits per heavy atom. The fourth-order valence-corrected chi connectivity index (χ4v) is 3.69. The van der Waals surface area contributed by atoms with Gasteiger partial charge in [-0.3, -0.25) is 4.79 Å². The van der Waals surface area contributed by atoms with Crippen LogP contribution in [0.5, 0.6) is 0 Å². The molecule has 2 heterocycles. The molecule has 1 saturated carbocycles. The quantitative estimate of drug-likeness (QED) is 0.871. The van der Waals surface area contributed by atoms with Crippen molar-refractivity contribution in [3.8, 4) is 0 Å². The van der Waals surface area contributed by atoms with E-state index in [2.05, 4.69) is 29.8 Å². The third kappa shape index (κ3) is 2.99. The van der Waals surface area contributed by atoms with E-state index >= 15 is 0 Å². The standard InChI is InChI=1S/C19H25N3O/c1-21-17-9-6-14(12-16(17)20-19(21)15-7-8-15)13-18(23)22-10-4-2-3-5-11-22/h6,9,12,15H,2-5,7-8,10-11,13H2,1H3. The van der Waals surface area contributed by atoms with Crippen LogP contribution < -0.4 is 0 Å². The molecule has 0 unspecified atom stereocenters. The van der Waals surface area contributed by atoms with Gasteiger partial charge in [0.05, 0.1) is 17.5 Å². The minimum atomic E-state index is 0.268. The second-order valence-corrected chi connectivity index (χ2v) is 7.10. The summed E-state index contributed by atoms with van der Waals surface area (Å²) < 4.78 is 2.22. The molecule has 0 atom stereocenters. The van der Waals surface area contributed by atoms with Gasteiger partial charge >= 0.3 is 0 Å². The van der Waals surface area contributed by atoms with Gasteiger partial charge in [-0.1, -0.05) is 18.9 Å². The molecule has 4 nitrogen and oxygen atoms in total. The Bertz CT molecular complexity index is 722. The van der Waals surface area contributed by atoms with E-state index in [1.807, 2.05) is 4.90 Å². The summed E-state index contributed by atoms with van der Waals surface area (Å²) in [6.45, 7) is 1.85. The molecule has 4 rings (SSSR count). The first-order chi connectivity index (χ1) is 11.2. The summed E-state index contributed by atoms with van der Waals surface area (Å²) in [5, 5.41) is 0. The van der Waals surface area contributed by atoms with E-state index in [0.29, 0.717) is 12.3 Å². The Morgan fingerprint density at radius 1 is 1.17 bits per heavy atom. The number of carbonyl (C=O) groups is 1. The van der Waals surface area contributed by atoms with Crippen molar-refractivity contribution in [2.24, 2.45) is 7.05 Å². The fraction of sp³-hybridized carbons (Fsp3) is 0.579. The van der Waals surface area contributed by atoms with Crippen molar-refractivity contribution in [2.45, 2.75) is 50.9 Å². The first kappa shape index (κ1) is 14.7. The molecule has 4 heteroatoms. The summed E-state index contributed by atoms with van der Waals surface area (Å²) >= 11 is 0. The minimum absolute atomic E-state index is 0.268. The van der Waals surface area contributed by atoms with Crippen LogP contribution in [0.25, 0.3) is 11.0 Å². The lowest BCUT2D eigenvalue weighted by Crippen LogP contribution is -2.33. The van der Waals surface area contributed by atoms with Gasteiger partial charge in [-0.15, -0.1) is 0 Å². The SMILES string of the molecule is Cn1c(C2CC2)nc2cc(CC(=O)N3CCCCCC3)ccc21. The van der Waals surface area contributed by atoms with Gasteiger partial charge in [-0.25, -0.2) is 4.98 Å². The lowest BCUT2D eigenvalue weighted by Gasteiger charge is -2.20. The number of amides is 1. The van der Waals surface area contributed by atoms with Crippen LogP contribution in [0, 0.1) is 0 Å². The van der Waals surface area contributed by atoms with Gasteiger partial charge in [-0.05, 0) is 43.4 Å². The van der Waals surface area contributed by atoms with E-state index < -0.39 is 0 Å². The van der Waals surface area contributed by atoms with Crippen LogP contribution in [0.3, 0.4) is 0 Å². The van der Waals surface area contributed by atoms with Crippen LogP contribution in [-0.4, -0.2) is 33.4 Å². The van der Waals surface area contributed by atoms with Crippen molar-refractivity contribution in [3.63, 3.8) is 0 Å². The van der Waals surface area contributed by atoms with Crippen molar-refractivity contribution in [1.82, 2.24) is 14.5 Å². The Morgan fingerprint density at radius 2 is 1.91 bits per heavy atom. The molecule has 122 valence electrons. The van der Waals surface area contributed by atoms with E-state index in [1.54, 1.807) is 0 Å². The molecule has 2 aromatic rings. The fourth-order valence-electron chi connectivity index (χ4n) is 3.69. The lowest BCUT2D eigenvalue weighted by molar-refractivity contribution is -0.130. The highest BCUT2D eigenvalue weighted by molar-refractivity contribution is 5.82. The highest BCUT2D eigenvalue weighted by Crippen LogP contribution is 2.40. The third-order valence-electron chi connectivity index (χ3n) is 5.24. The Labute approximate surface area is 137 Å². The number of imidazole rings is 1. The number of carbonyl (C=O) groups excluding carboxylic acids is 1. The molecule has 1 aromatic carbocycles. The van der Waals surface area contributed by atoms with Gasteiger partial charge in [0.2, 0.25) is 5.91 Å². The summed E-state index contributed by atoms with van der Waals surface area (Å²) in [6.07, 6.45) is 7.84. The molecule has 0 N–H and O–H groups in total. The molecule has 0 bridgehead atoms. The predicted octanol–water partition coefficient (Wildman–Crippen LogP) is 3.40. The van der Waals surface area contributed by atoms with E-state index in [1.165, 1.54) is 37.0 Å². The summed E-state index contributed by atoms with van der Waals surface area (Å²) in [7, 11) is 2.10. The van der Waals surface area contributed by atoms with Crippen molar-refractivity contribution < 1.29 is 4.79 Å². The zero-order valence-corrected chi connectivity index (χ0v) is 13.9. The zero-order valence-electron chi connectivity index (χ0n) is 13.9. The van der Waals surface area contributed by atoms with Crippen LogP contribution in [0.2, 0.25) is 0 Å². The largest absolute Gasteiger partial charge is 0.342 e. The van der Waals surface area contributed by atoms with E-state index in [0.717, 1.165) is 37.0 Å². The molecule has 2 aliphatic rings. The molecule has 1 aliphatic carbocycles. The van der Waals surface area contributed by atoms with Crippen LogP contribution in [0.1, 0.15) is 55.8 Å². The second-order valence-electron chi connectivity index (χ2n) is 7.10. The van der Waals surface area contributed by atoms with Gasteiger partial charge in [0.1, 0.15) is 5.82 Å². The second kappa shape index (κ2) is 5.99. The van der Waals surface area contributed by atoms with E-state index in [9.17, 15) is 4.79 Å². The maximum atomic E-state index is 12.5. The van der Waals surface area contributed by atoms with Crippen molar-refractivity contribution >= 4 is 16.9 Å². The molecule has 1 amide bonds. The summed E-state index contributed by atoms with van der Waals surface area (Å²) in [6, 6.07) is 6.33. The van der Waals surface area contributed by atoms with Gasteiger partial charge in [0.15, 0.2) is 0 Å². The van der Waals surface area contributed by atoms with Gasteiger partial charge in [0, 0.05) is 26.1 Å². The number of benzene rings is 1. The van der Waals surface area contributed by atoms with E-state index in [-0.39, 0.29) is 5.91 Å². The number of hydrogen-bond acceptors (Lipinski definition) is 2. The van der Waals surface area contributed by atoms with Gasteiger partial charge in [0.25, 0.3) is 0 Å². The van der Waals surface area contributed by atoms with Crippen LogP contribution >= 0.6 is 0 Å². The molecule has 0 radical (unpaired) electrons. The average molecular weight is 311 g/mol. The minimum Gasteiger partial charge on any atom is -0.342 e. The highest BCUT2D eigenvalue weighted by Gasteiger charge is 2.28. The average Bonchev–Trinajstić information content (AvgIpc) is 3.36. The molecular weight excluding hydrogens is 286 g/mol. The first-order valence-electron chi connectivity index (χ1n) is 8.95. The Balaban J connectivity index is 1.53. The number of fused-ring (bicyclic) bond motifs is 1. The van der Waals surface area contributed by atoms with Crippen LogP contribution in [0.4, 0.5) is 0 Å². The molecule has 2 fully saturated rings. The molecule has 1 saturated heterocycles. The number of nitrogens with zero attached hydrogens (tertiary/aromatic N) is 3. The summed E-state index contributed by atoms with van der Waals surface area (Å²) in [5.74, 6) is 2.12. The van der Waals surface area contributed by atoms with Crippen LogP contribution in [0.15, 0.2) is 18.2 Å². The molecule has 0 spiro atoms. The van der Waals surface area contributed by atoms with Crippen molar-refractivity contribution in [1.29, 1.82) is 0 Å². The number of aryl methyl sites for hydroxylation is 1. The molecule has 1 aliphatic heterocycles. The molecule has 23 heavy (non-hydrogen) atoms. The van der Waals surface area contributed by atoms with Gasteiger partial charge in [-0.2, -0.15) is 0 Å². The van der Waals surface area contributed by atoms with Crippen LogP contribution in [-0.2, 0) is 18.3 Å². The smallest absolute Gasteiger partial charge is 0.226 e. The Hall–Kier alpha value is -1.84. The maximum Gasteiger partial charge on any atom is 0.226 e. The van der Waals surface area contributed by atoms with Crippen molar-refractivity contribution in [2.75, 3.05) is 13.1 Å². The normalized spacial score (nSPS) is 19.1. The van der Waals surface area contributed by atoms with Gasteiger partial charge < -0.3 is 9.47 Å². The lowest BCUT2D eigenvalue weighted by atomic mass is 10.1. The maximum absolute atomic E-state index is 12.5. The summed E-state index contributed by atoms with van der Waals surface area (Å²) in [4.78, 5) is 19.4. The highest BCUT2D eigenvalue weighted by atomic mass is 16.2. The number of likely N-dealkylation sites (tertiary alicyclic amines) is 1. The topological polar surface area (TPSA) is 38.1 Å². The predicted molar refractivity (Wildman–Crippen MR) is 91.4 cm³/mol. The molecule has 1 aromatic heterocycles. The zero-order chi connectivity index (χ0) is 15.8. The molecular formula is C19H25N3O. The number of rotatable bonds is 3.